The van der Waals surface area contributed by atoms with Gasteiger partial charge in [-0.05, 0) is 55.2 Å². The molecule has 1 aliphatic carbocycles. The number of methoxy groups -OCH3 is 1. The topological polar surface area (TPSA) is 68.5 Å². The van der Waals surface area contributed by atoms with Gasteiger partial charge in [0.25, 0.3) is 5.91 Å². The molecule has 0 spiro atoms. The maximum Gasteiger partial charge on any atom is 0.306 e. The Kier molecular flexibility index (Phi) is 3.99. The molecule has 132 valence electrons. The summed E-state index contributed by atoms with van der Waals surface area (Å²) in [7, 11) is 1.59. The van der Waals surface area contributed by atoms with Crippen LogP contribution < -0.4 is 4.74 Å². The molecule has 3 aromatic rings. The number of nitrogens with zero attached hydrogens (tertiary/aromatic N) is 1. The third-order valence-electron chi connectivity index (χ3n) is 5.16. The van der Waals surface area contributed by atoms with Crippen molar-refractivity contribution < 1.29 is 19.4 Å². The van der Waals surface area contributed by atoms with Crippen LogP contribution in [-0.4, -0.2) is 28.7 Å². The van der Waals surface area contributed by atoms with Crippen molar-refractivity contribution in [3.63, 3.8) is 0 Å². The summed E-state index contributed by atoms with van der Waals surface area (Å²) in [5.41, 5.74) is 3.34. The summed E-state index contributed by atoms with van der Waals surface area (Å²) in [5, 5.41) is 10.4. The lowest BCUT2D eigenvalue weighted by Crippen LogP contribution is -2.24. The molecule has 0 amide bonds. The van der Waals surface area contributed by atoms with Crippen LogP contribution in [-0.2, 0) is 17.6 Å². The molecule has 0 saturated carbocycles. The number of carbonyl (C=O) groups excluding carboxylic acids is 1. The molecule has 0 aliphatic heterocycles. The van der Waals surface area contributed by atoms with Crippen LogP contribution in [0.25, 0.3) is 10.9 Å². The zero-order valence-corrected chi connectivity index (χ0v) is 14.4. The van der Waals surface area contributed by atoms with Crippen molar-refractivity contribution in [2.45, 2.75) is 19.3 Å². The van der Waals surface area contributed by atoms with Crippen molar-refractivity contribution in [1.82, 2.24) is 4.57 Å². The lowest BCUT2D eigenvalue weighted by Gasteiger charge is -2.20. The second-order valence-corrected chi connectivity index (χ2v) is 6.59. The van der Waals surface area contributed by atoms with E-state index in [1.54, 1.807) is 35.9 Å². The van der Waals surface area contributed by atoms with E-state index < -0.39 is 11.9 Å². The molecule has 1 aromatic heterocycles. The van der Waals surface area contributed by atoms with Crippen molar-refractivity contribution in [3.8, 4) is 5.75 Å². The van der Waals surface area contributed by atoms with Gasteiger partial charge in [-0.25, -0.2) is 0 Å². The van der Waals surface area contributed by atoms with Gasteiger partial charge in [-0.2, -0.15) is 0 Å². The maximum atomic E-state index is 13.2. The Morgan fingerprint density at radius 1 is 1.12 bits per heavy atom. The third kappa shape index (κ3) is 2.56. The van der Waals surface area contributed by atoms with E-state index in [0.29, 0.717) is 30.6 Å². The number of para-hydroxylation sites is 1. The summed E-state index contributed by atoms with van der Waals surface area (Å²) in [6.45, 7) is 0. The molecule has 1 aliphatic rings. The third-order valence-corrected chi connectivity index (χ3v) is 5.16. The summed E-state index contributed by atoms with van der Waals surface area (Å²) in [6, 6.07) is 14.8. The summed E-state index contributed by atoms with van der Waals surface area (Å²) in [5.74, 6) is -0.559. The van der Waals surface area contributed by atoms with Gasteiger partial charge in [0.2, 0.25) is 0 Å². The molecule has 0 radical (unpaired) electrons. The molecule has 5 heteroatoms. The Hall–Kier alpha value is -3.08. The number of aliphatic carboxylic acids is 1. The van der Waals surface area contributed by atoms with Gasteiger partial charge < -0.3 is 9.84 Å². The number of benzene rings is 2. The molecule has 1 unspecified atom stereocenters. The zero-order chi connectivity index (χ0) is 18.3. The van der Waals surface area contributed by atoms with Crippen LogP contribution in [0, 0.1) is 5.92 Å². The highest BCUT2D eigenvalue weighted by molar-refractivity contribution is 6.04. The number of ether oxygens (including phenoxy) is 1. The Labute approximate surface area is 150 Å². The number of aromatic nitrogens is 1. The van der Waals surface area contributed by atoms with E-state index in [1.165, 1.54) is 0 Å². The van der Waals surface area contributed by atoms with Gasteiger partial charge in [0.15, 0.2) is 0 Å². The Morgan fingerprint density at radius 3 is 2.54 bits per heavy atom. The largest absolute Gasteiger partial charge is 0.497 e. The van der Waals surface area contributed by atoms with Gasteiger partial charge in [0, 0.05) is 16.6 Å². The van der Waals surface area contributed by atoms with E-state index >= 15 is 0 Å². The minimum Gasteiger partial charge on any atom is -0.497 e. The van der Waals surface area contributed by atoms with Crippen LogP contribution in [0.2, 0.25) is 0 Å². The highest BCUT2D eigenvalue weighted by Gasteiger charge is 2.30. The molecule has 1 N–H and O–H groups in total. The van der Waals surface area contributed by atoms with E-state index in [1.807, 2.05) is 24.3 Å². The monoisotopic (exact) mass is 349 g/mol. The molecule has 0 saturated heterocycles. The zero-order valence-electron chi connectivity index (χ0n) is 14.4. The fourth-order valence-corrected chi connectivity index (χ4v) is 3.81. The van der Waals surface area contributed by atoms with Gasteiger partial charge >= 0.3 is 5.97 Å². The summed E-state index contributed by atoms with van der Waals surface area (Å²) < 4.78 is 6.92. The number of fused-ring (bicyclic) bond motifs is 3. The van der Waals surface area contributed by atoms with Crippen LogP contribution in [0.5, 0.6) is 5.75 Å². The van der Waals surface area contributed by atoms with E-state index in [4.69, 9.17) is 4.74 Å². The number of carboxylic acids is 1. The summed E-state index contributed by atoms with van der Waals surface area (Å²) >= 11 is 0. The Bertz CT molecular complexity index is 1000. The van der Waals surface area contributed by atoms with Crippen LogP contribution in [0.3, 0.4) is 0 Å². The van der Waals surface area contributed by atoms with Crippen molar-refractivity contribution in [3.05, 3.63) is 65.4 Å². The minimum atomic E-state index is -0.769. The van der Waals surface area contributed by atoms with Gasteiger partial charge in [-0.3, -0.25) is 14.2 Å². The average Bonchev–Trinajstić information content (AvgIpc) is 3.01. The molecular formula is C21H19NO4. The molecular weight excluding hydrogens is 330 g/mol. The lowest BCUT2D eigenvalue weighted by atomic mass is 9.86. The average molecular weight is 349 g/mol. The molecule has 1 heterocycles. The normalized spacial score (nSPS) is 16.3. The van der Waals surface area contributed by atoms with Crippen LogP contribution in [0.4, 0.5) is 0 Å². The van der Waals surface area contributed by atoms with E-state index in [-0.39, 0.29) is 5.91 Å². The highest BCUT2D eigenvalue weighted by atomic mass is 16.5. The second kappa shape index (κ2) is 6.33. The molecule has 1 atom stereocenters. The van der Waals surface area contributed by atoms with Crippen molar-refractivity contribution in [2.75, 3.05) is 7.11 Å². The molecule has 0 bridgehead atoms. The maximum absolute atomic E-state index is 13.2. The minimum absolute atomic E-state index is 0.0983. The predicted octanol–water partition coefficient (Wildman–Crippen LogP) is 3.53. The highest BCUT2D eigenvalue weighted by Crippen LogP contribution is 2.35. The standard InChI is InChI=1S/C21H19NO4/c1-26-15-9-6-13(7-10-15)20(23)22-18-5-3-2-4-16(18)17-12-14(21(24)25)8-11-19(17)22/h2-7,9-10,14H,8,11-12H2,1H3,(H,24,25). The quantitative estimate of drug-likeness (QED) is 0.785. The number of hydrogen-bond donors (Lipinski definition) is 1. The van der Waals surface area contributed by atoms with Crippen LogP contribution in [0.15, 0.2) is 48.5 Å². The first-order chi connectivity index (χ1) is 12.6. The number of carboxylic acid groups (broad SMARTS) is 1. The summed E-state index contributed by atoms with van der Waals surface area (Å²) in [4.78, 5) is 24.7. The van der Waals surface area contributed by atoms with Gasteiger partial charge in [0.1, 0.15) is 5.75 Å². The first-order valence-corrected chi connectivity index (χ1v) is 8.63. The van der Waals surface area contributed by atoms with Crippen molar-refractivity contribution in [1.29, 1.82) is 0 Å². The van der Waals surface area contributed by atoms with Gasteiger partial charge in [-0.15, -0.1) is 0 Å². The predicted molar refractivity (Wildman–Crippen MR) is 97.8 cm³/mol. The first-order valence-electron chi connectivity index (χ1n) is 8.63. The number of carbonyl (C=O) groups is 2. The Morgan fingerprint density at radius 2 is 1.85 bits per heavy atom. The van der Waals surface area contributed by atoms with E-state index in [2.05, 4.69) is 0 Å². The second-order valence-electron chi connectivity index (χ2n) is 6.59. The smallest absolute Gasteiger partial charge is 0.306 e. The summed E-state index contributed by atoms with van der Waals surface area (Å²) in [6.07, 6.45) is 1.60. The molecule has 5 nitrogen and oxygen atoms in total. The molecule has 2 aromatic carbocycles. The fraction of sp³-hybridized carbons (Fsp3) is 0.238. The first kappa shape index (κ1) is 16.4. The van der Waals surface area contributed by atoms with E-state index in [0.717, 1.165) is 22.2 Å². The fourth-order valence-electron chi connectivity index (χ4n) is 3.81. The molecule has 0 fully saturated rings. The van der Waals surface area contributed by atoms with Crippen molar-refractivity contribution >= 4 is 22.8 Å². The lowest BCUT2D eigenvalue weighted by molar-refractivity contribution is -0.142. The molecule has 4 rings (SSSR count). The van der Waals surface area contributed by atoms with E-state index in [9.17, 15) is 14.7 Å². The van der Waals surface area contributed by atoms with Gasteiger partial charge in [-0.1, -0.05) is 18.2 Å². The molecule has 26 heavy (non-hydrogen) atoms. The number of hydrogen-bond acceptors (Lipinski definition) is 3. The Balaban J connectivity index is 1.85. The number of rotatable bonds is 3. The van der Waals surface area contributed by atoms with Crippen LogP contribution >= 0.6 is 0 Å². The van der Waals surface area contributed by atoms with Crippen LogP contribution in [0.1, 0.15) is 28.0 Å². The van der Waals surface area contributed by atoms with Crippen molar-refractivity contribution in [2.24, 2.45) is 5.92 Å². The SMILES string of the molecule is COc1ccc(C(=O)n2c3c(c4ccccc42)CC(C(=O)O)CC3)cc1. The van der Waals surface area contributed by atoms with Gasteiger partial charge in [0.05, 0.1) is 18.5 Å².